The van der Waals surface area contributed by atoms with Gasteiger partial charge in [0.05, 0.1) is 23.0 Å². The molecule has 2 aliphatic rings. The molecule has 0 aromatic heterocycles. The van der Waals surface area contributed by atoms with Gasteiger partial charge in [0.15, 0.2) is 0 Å². The zero-order valence-electron chi connectivity index (χ0n) is 8.34. The summed E-state index contributed by atoms with van der Waals surface area (Å²) in [6, 6.07) is 8.28. The summed E-state index contributed by atoms with van der Waals surface area (Å²) in [4.78, 5) is 8.85. The second-order valence-corrected chi connectivity index (χ2v) is 3.59. The maximum Gasteiger partial charge on any atom is 0.0736 e. The van der Waals surface area contributed by atoms with Gasteiger partial charge in [0.2, 0.25) is 0 Å². The summed E-state index contributed by atoms with van der Waals surface area (Å²) in [6.07, 6.45) is 3.98. The highest BCUT2D eigenvalue weighted by Gasteiger charge is 2.27. The third-order valence-electron chi connectivity index (χ3n) is 2.72. The molecule has 0 saturated heterocycles. The van der Waals surface area contributed by atoms with Gasteiger partial charge in [0, 0.05) is 6.20 Å². The zero-order chi connectivity index (χ0) is 9.54. The van der Waals surface area contributed by atoms with Crippen molar-refractivity contribution < 1.29 is 0 Å². The van der Waals surface area contributed by atoms with Crippen LogP contribution < -0.4 is 0 Å². The molecule has 3 heteroatoms. The molecule has 3 rings (SSSR count). The number of hydrogen-bond donors (Lipinski definition) is 0. The van der Waals surface area contributed by atoms with E-state index in [1.54, 1.807) is 0 Å². The lowest BCUT2D eigenvalue weighted by Gasteiger charge is -2.12. The average Bonchev–Trinajstić information content (AvgIpc) is 2.59. The van der Waals surface area contributed by atoms with Crippen LogP contribution in [0.5, 0.6) is 0 Å². The van der Waals surface area contributed by atoms with Crippen LogP contribution in [0.3, 0.4) is 0 Å². The monoisotopic (exact) mass is 218 g/mol. The summed E-state index contributed by atoms with van der Waals surface area (Å²) >= 11 is 0. The van der Waals surface area contributed by atoms with Crippen molar-refractivity contribution >= 4 is 29.5 Å². The summed E-state index contributed by atoms with van der Waals surface area (Å²) in [5.74, 6) is 0.337. The minimum Gasteiger partial charge on any atom is -0.260 e. The molecule has 1 atom stereocenters. The Morgan fingerprint density at radius 3 is 2.87 bits per heavy atom. The van der Waals surface area contributed by atoms with E-state index in [4.69, 9.17) is 0 Å². The minimum absolute atomic E-state index is 0. The Labute approximate surface area is 94.9 Å². The van der Waals surface area contributed by atoms with Crippen molar-refractivity contribution in [2.24, 2.45) is 9.98 Å². The number of fused-ring (bicyclic) bond motifs is 3. The van der Waals surface area contributed by atoms with E-state index in [1.807, 2.05) is 19.2 Å². The molecule has 1 aromatic rings. The first-order valence-corrected chi connectivity index (χ1v) is 4.75. The molecule has 15 heavy (non-hydrogen) atoms. The third-order valence-corrected chi connectivity index (χ3v) is 2.72. The van der Waals surface area contributed by atoms with Crippen LogP contribution in [0.1, 0.15) is 18.4 Å². The molecule has 0 spiro atoms. The second kappa shape index (κ2) is 3.63. The number of benzene rings is 1. The zero-order valence-corrected chi connectivity index (χ0v) is 9.16. The standard InChI is InChI=1S/C12H10N2.ClH/c1-8-12-10(6-7-13-8)9-4-2-3-5-11(9)14-12;/h2-7,10H,1H3;1H. The third kappa shape index (κ3) is 1.41. The minimum atomic E-state index is 0. The summed E-state index contributed by atoms with van der Waals surface area (Å²) in [5.41, 5.74) is 4.53. The van der Waals surface area contributed by atoms with Crippen LogP contribution in [0.4, 0.5) is 5.69 Å². The van der Waals surface area contributed by atoms with Crippen LogP contribution >= 0.6 is 12.4 Å². The Morgan fingerprint density at radius 1 is 1.20 bits per heavy atom. The first kappa shape index (κ1) is 10.1. The van der Waals surface area contributed by atoms with Crippen LogP contribution in [0, 0.1) is 0 Å². The molecule has 0 saturated carbocycles. The number of halogens is 1. The van der Waals surface area contributed by atoms with Crippen molar-refractivity contribution in [2.45, 2.75) is 12.8 Å². The molecule has 0 N–H and O–H groups in total. The molecule has 0 aliphatic carbocycles. The van der Waals surface area contributed by atoms with E-state index in [0.29, 0.717) is 5.92 Å². The maximum absolute atomic E-state index is 4.59. The van der Waals surface area contributed by atoms with Gasteiger partial charge in [0.25, 0.3) is 0 Å². The van der Waals surface area contributed by atoms with Crippen molar-refractivity contribution in [1.82, 2.24) is 0 Å². The highest BCUT2D eigenvalue weighted by atomic mass is 35.5. The Hall–Kier alpha value is -1.41. The van der Waals surface area contributed by atoms with E-state index in [-0.39, 0.29) is 12.4 Å². The predicted octanol–water partition coefficient (Wildman–Crippen LogP) is 3.27. The Bertz CT molecular complexity index is 486. The average molecular weight is 219 g/mol. The fourth-order valence-corrected chi connectivity index (χ4v) is 2.01. The van der Waals surface area contributed by atoms with Gasteiger partial charge in [-0.1, -0.05) is 24.3 Å². The number of rotatable bonds is 0. The van der Waals surface area contributed by atoms with Gasteiger partial charge in [-0.05, 0) is 18.6 Å². The highest BCUT2D eigenvalue weighted by Crippen LogP contribution is 2.37. The molecule has 1 unspecified atom stereocenters. The van der Waals surface area contributed by atoms with Crippen LogP contribution in [0.25, 0.3) is 0 Å². The van der Waals surface area contributed by atoms with Crippen molar-refractivity contribution in [2.75, 3.05) is 0 Å². The molecular formula is C12H11ClN2. The van der Waals surface area contributed by atoms with E-state index in [2.05, 4.69) is 34.3 Å². The van der Waals surface area contributed by atoms with Gasteiger partial charge >= 0.3 is 0 Å². The van der Waals surface area contributed by atoms with Crippen molar-refractivity contribution in [3.05, 3.63) is 42.1 Å². The summed E-state index contributed by atoms with van der Waals surface area (Å²) < 4.78 is 0. The summed E-state index contributed by atoms with van der Waals surface area (Å²) in [6.45, 7) is 2.02. The molecule has 1 aromatic carbocycles. The fraction of sp³-hybridized carbons (Fsp3) is 0.167. The molecule has 2 heterocycles. The van der Waals surface area contributed by atoms with Crippen molar-refractivity contribution in [3.8, 4) is 0 Å². The van der Waals surface area contributed by atoms with Gasteiger partial charge in [0.1, 0.15) is 0 Å². The van der Waals surface area contributed by atoms with Crippen molar-refractivity contribution in [3.63, 3.8) is 0 Å². The Balaban J connectivity index is 0.000000853. The predicted molar refractivity (Wildman–Crippen MR) is 65.8 cm³/mol. The lowest BCUT2D eigenvalue weighted by atomic mass is 9.92. The van der Waals surface area contributed by atoms with Crippen LogP contribution in [0.2, 0.25) is 0 Å². The highest BCUT2D eigenvalue weighted by molar-refractivity contribution is 6.46. The summed E-state index contributed by atoms with van der Waals surface area (Å²) in [7, 11) is 0. The smallest absolute Gasteiger partial charge is 0.0736 e. The fourth-order valence-electron chi connectivity index (χ4n) is 2.01. The van der Waals surface area contributed by atoms with Gasteiger partial charge in [-0.25, -0.2) is 0 Å². The normalized spacial score (nSPS) is 21.0. The number of nitrogens with zero attached hydrogens (tertiary/aromatic N) is 2. The maximum atomic E-state index is 4.59. The lowest BCUT2D eigenvalue weighted by Crippen LogP contribution is -2.17. The molecular weight excluding hydrogens is 208 g/mol. The van der Waals surface area contributed by atoms with Gasteiger partial charge in [-0.2, -0.15) is 0 Å². The largest absolute Gasteiger partial charge is 0.260 e. The van der Waals surface area contributed by atoms with E-state index >= 15 is 0 Å². The van der Waals surface area contributed by atoms with Gasteiger partial charge in [-0.3, -0.25) is 9.98 Å². The second-order valence-electron chi connectivity index (χ2n) is 3.59. The molecule has 0 bridgehead atoms. The first-order valence-electron chi connectivity index (χ1n) is 4.75. The number of aliphatic imine (C=N–C) groups is 2. The summed E-state index contributed by atoms with van der Waals surface area (Å²) in [5, 5.41) is 0. The van der Waals surface area contributed by atoms with E-state index in [9.17, 15) is 0 Å². The molecule has 76 valence electrons. The SMILES string of the molecule is CC1=NC=CC2C1=Nc1ccccc12.Cl. The van der Waals surface area contributed by atoms with E-state index in [0.717, 1.165) is 17.1 Å². The Morgan fingerprint density at radius 2 is 2.00 bits per heavy atom. The van der Waals surface area contributed by atoms with E-state index < -0.39 is 0 Å². The quantitative estimate of drug-likeness (QED) is 0.639. The molecule has 0 radical (unpaired) electrons. The van der Waals surface area contributed by atoms with Crippen molar-refractivity contribution in [1.29, 1.82) is 0 Å². The first-order chi connectivity index (χ1) is 6.86. The molecule has 2 nitrogen and oxygen atoms in total. The Kier molecular flexibility index (Phi) is 2.45. The number of allylic oxidation sites excluding steroid dienone is 1. The van der Waals surface area contributed by atoms with Gasteiger partial charge in [-0.15, -0.1) is 12.4 Å². The number of hydrogen-bond acceptors (Lipinski definition) is 2. The van der Waals surface area contributed by atoms with Crippen LogP contribution in [-0.4, -0.2) is 11.4 Å². The topological polar surface area (TPSA) is 24.7 Å². The molecule has 0 amide bonds. The van der Waals surface area contributed by atoms with Gasteiger partial charge < -0.3 is 0 Å². The lowest BCUT2D eigenvalue weighted by molar-refractivity contribution is 1.17. The van der Waals surface area contributed by atoms with Crippen LogP contribution in [0.15, 0.2) is 46.5 Å². The van der Waals surface area contributed by atoms with Crippen LogP contribution in [-0.2, 0) is 0 Å². The number of para-hydroxylation sites is 1. The van der Waals surface area contributed by atoms with E-state index in [1.165, 1.54) is 5.56 Å². The molecule has 2 aliphatic heterocycles. The molecule has 0 fully saturated rings.